The SMILES string of the molecule is c1ccc(Oc2cccc(-n3c4ccccc4c4cc5cc6ccn(-c7ccccc7)c6cc5cc43)c2)cc1. The molecule has 0 spiro atoms. The van der Waals surface area contributed by atoms with Gasteiger partial charge in [-0.05, 0) is 83.6 Å². The summed E-state index contributed by atoms with van der Waals surface area (Å²) in [6.07, 6.45) is 2.16. The molecule has 2 heterocycles. The van der Waals surface area contributed by atoms with E-state index in [1.54, 1.807) is 0 Å². The second-order valence-electron chi connectivity index (χ2n) is 9.91. The molecule has 0 saturated heterocycles. The Morgan fingerprint density at radius 2 is 1.10 bits per heavy atom. The minimum absolute atomic E-state index is 0.813. The van der Waals surface area contributed by atoms with Crippen molar-refractivity contribution in [2.24, 2.45) is 0 Å². The van der Waals surface area contributed by atoms with Gasteiger partial charge in [-0.15, -0.1) is 0 Å². The Balaban J connectivity index is 1.35. The number of benzene rings is 6. The quantitative estimate of drug-likeness (QED) is 0.235. The summed E-state index contributed by atoms with van der Waals surface area (Å²) in [4.78, 5) is 0. The third-order valence-electron chi connectivity index (χ3n) is 7.53. The molecule has 3 nitrogen and oxygen atoms in total. The van der Waals surface area contributed by atoms with Crippen molar-refractivity contribution >= 4 is 43.5 Å². The van der Waals surface area contributed by atoms with E-state index in [0.29, 0.717) is 0 Å². The fourth-order valence-corrected chi connectivity index (χ4v) is 5.75. The predicted octanol–water partition coefficient (Wildman–Crippen LogP) is 9.67. The Bertz CT molecular complexity index is 2140. The first kappa shape index (κ1) is 21.8. The fourth-order valence-electron chi connectivity index (χ4n) is 5.75. The summed E-state index contributed by atoms with van der Waals surface area (Å²) in [5.74, 6) is 1.64. The van der Waals surface area contributed by atoms with Crippen LogP contribution in [0.5, 0.6) is 11.5 Å². The second kappa shape index (κ2) is 8.64. The molecule has 3 heteroatoms. The van der Waals surface area contributed by atoms with E-state index in [1.165, 1.54) is 43.5 Å². The molecular formula is C36H24N2O. The van der Waals surface area contributed by atoms with Crippen LogP contribution in [0, 0.1) is 0 Å². The molecule has 0 bridgehead atoms. The number of para-hydroxylation sites is 3. The summed E-state index contributed by atoms with van der Waals surface area (Å²) in [7, 11) is 0. The lowest BCUT2D eigenvalue weighted by atomic mass is 10.0. The van der Waals surface area contributed by atoms with Crippen LogP contribution in [0.1, 0.15) is 0 Å². The number of hydrogen-bond acceptors (Lipinski definition) is 1. The smallest absolute Gasteiger partial charge is 0.129 e. The van der Waals surface area contributed by atoms with Crippen LogP contribution >= 0.6 is 0 Å². The van der Waals surface area contributed by atoms with E-state index in [4.69, 9.17) is 4.74 Å². The lowest BCUT2D eigenvalue weighted by Crippen LogP contribution is -1.95. The lowest BCUT2D eigenvalue weighted by molar-refractivity contribution is 0.482. The molecule has 2 aromatic heterocycles. The van der Waals surface area contributed by atoms with Crippen LogP contribution < -0.4 is 4.74 Å². The molecular weight excluding hydrogens is 476 g/mol. The minimum Gasteiger partial charge on any atom is -0.457 e. The van der Waals surface area contributed by atoms with Crippen LogP contribution in [0.15, 0.2) is 146 Å². The highest BCUT2D eigenvalue weighted by atomic mass is 16.5. The zero-order chi connectivity index (χ0) is 25.8. The Morgan fingerprint density at radius 3 is 1.97 bits per heavy atom. The number of rotatable bonds is 4. The van der Waals surface area contributed by atoms with Gasteiger partial charge >= 0.3 is 0 Å². The molecule has 0 aliphatic carbocycles. The van der Waals surface area contributed by atoms with Gasteiger partial charge in [0.1, 0.15) is 11.5 Å². The summed E-state index contributed by atoms with van der Waals surface area (Å²) < 4.78 is 10.8. The van der Waals surface area contributed by atoms with E-state index in [0.717, 1.165) is 22.9 Å². The minimum atomic E-state index is 0.813. The zero-order valence-corrected chi connectivity index (χ0v) is 21.2. The standard InChI is InChI=1S/C36H24N2O/c1-3-10-28(11-4-1)37-19-18-25-20-26-21-33-32-16-7-8-17-34(32)38(36(33)23-27(26)22-35(25)37)29-12-9-15-31(24-29)39-30-13-5-2-6-14-30/h1-24H. The molecule has 39 heavy (non-hydrogen) atoms. The molecule has 0 atom stereocenters. The summed E-state index contributed by atoms with van der Waals surface area (Å²) >= 11 is 0. The highest BCUT2D eigenvalue weighted by Gasteiger charge is 2.15. The van der Waals surface area contributed by atoms with E-state index in [2.05, 4.69) is 118 Å². The van der Waals surface area contributed by atoms with Gasteiger partial charge in [-0.1, -0.05) is 60.7 Å². The van der Waals surface area contributed by atoms with Crippen molar-refractivity contribution in [2.75, 3.05) is 0 Å². The molecule has 0 radical (unpaired) electrons. The summed E-state index contributed by atoms with van der Waals surface area (Å²) in [6.45, 7) is 0. The molecule has 0 fully saturated rings. The summed E-state index contributed by atoms with van der Waals surface area (Å²) in [5.41, 5.74) is 5.80. The topological polar surface area (TPSA) is 19.1 Å². The van der Waals surface area contributed by atoms with Gasteiger partial charge < -0.3 is 13.9 Å². The van der Waals surface area contributed by atoms with E-state index < -0.39 is 0 Å². The van der Waals surface area contributed by atoms with Crippen LogP contribution in [0.4, 0.5) is 0 Å². The van der Waals surface area contributed by atoms with Gasteiger partial charge in [0.05, 0.1) is 16.6 Å². The fraction of sp³-hybridized carbons (Fsp3) is 0. The highest BCUT2D eigenvalue weighted by Crippen LogP contribution is 2.37. The first-order valence-electron chi connectivity index (χ1n) is 13.2. The van der Waals surface area contributed by atoms with Gasteiger partial charge in [0, 0.05) is 39.8 Å². The van der Waals surface area contributed by atoms with Gasteiger partial charge in [-0.3, -0.25) is 0 Å². The van der Waals surface area contributed by atoms with Crippen molar-refractivity contribution < 1.29 is 4.74 Å². The first-order chi connectivity index (χ1) is 19.3. The number of hydrogen-bond donors (Lipinski definition) is 0. The van der Waals surface area contributed by atoms with Crippen molar-refractivity contribution in [3.05, 3.63) is 146 Å². The molecule has 0 N–H and O–H groups in total. The molecule has 0 aliphatic rings. The highest BCUT2D eigenvalue weighted by molar-refractivity contribution is 6.15. The van der Waals surface area contributed by atoms with Gasteiger partial charge in [0.2, 0.25) is 0 Å². The molecule has 184 valence electrons. The maximum absolute atomic E-state index is 6.19. The number of nitrogens with zero attached hydrogens (tertiary/aromatic N) is 2. The van der Waals surface area contributed by atoms with Crippen molar-refractivity contribution in [3.8, 4) is 22.9 Å². The third-order valence-corrected chi connectivity index (χ3v) is 7.53. The maximum Gasteiger partial charge on any atom is 0.129 e. The molecule has 8 aromatic rings. The lowest BCUT2D eigenvalue weighted by Gasteiger charge is -2.11. The van der Waals surface area contributed by atoms with Crippen molar-refractivity contribution in [3.63, 3.8) is 0 Å². The Hall–Kier alpha value is -5.28. The Kier molecular flexibility index (Phi) is 4.82. The van der Waals surface area contributed by atoms with Crippen LogP contribution in [-0.2, 0) is 0 Å². The van der Waals surface area contributed by atoms with Crippen LogP contribution in [0.2, 0.25) is 0 Å². The average molecular weight is 501 g/mol. The Morgan fingerprint density at radius 1 is 0.410 bits per heavy atom. The number of fused-ring (bicyclic) bond motifs is 5. The zero-order valence-electron chi connectivity index (χ0n) is 21.2. The monoisotopic (exact) mass is 500 g/mol. The molecule has 0 amide bonds. The van der Waals surface area contributed by atoms with E-state index >= 15 is 0 Å². The largest absolute Gasteiger partial charge is 0.457 e. The molecule has 0 aliphatic heterocycles. The average Bonchev–Trinajstić information content (AvgIpc) is 3.54. The van der Waals surface area contributed by atoms with E-state index in [1.807, 2.05) is 36.4 Å². The van der Waals surface area contributed by atoms with Gasteiger partial charge in [0.15, 0.2) is 0 Å². The maximum atomic E-state index is 6.19. The van der Waals surface area contributed by atoms with Crippen molar-refractivity contribution in [1.29, 1.82) is 0 Å². The van der Waals surface area contributed by atoms with Crippen LogP contribution in [-0.4, -0.2) is 9.13 Å². The first-order valence-corrected chi connectivity index (χ1v) is 13.2. The number of aromatic nitrogens is 2. The van der Waals surface area contributed by atoms with Gasteiger partial charge in [-0.25, -0.2) is 0 Å². The Labute approximate surface area is 225 Å². The predicted molar refractivity (Wildman–Crippen MR) is 162 cm³/mol. The third kappa shape index (κ3) is 3.59. The summed E-state index contributed by atoms with van der Waals surface area (Å²) in [6, 6.07) is 48.9. The molecule has 0 unspecified atom stereocenters. The normalized spacial score (nSPS) is 11.6. The van der Waals surface area contributed by atoms with Gasteiger partial charge in [0.25, 0.3) is 0 Å². The van der Waals surface area contributed by atoms with Crippen molar-refractivity contribution in [1.82, 2.24) is 9.13 Å². The number of ether oxygens (including phenoxy) is 1. The van der Waals surface area contributed by atoms with Crippen LogP contribution in [0.3, 0.4) is 0 Å². The van der Waals surface area contributed by atoms with E-state index in [-0.39, 0.29) is 0 Å². The summed E-state index contributed by atoms with van der Waals surface area (Å²) in [5, 5.41) is 6.18. The van der Waals surface area contributed by atoms with E-state index in [9.17, 15) is 0 Å². The second-order valence-corrected chi connectivity index (χ2v) is 9.91. The van der Waals surface area contributed by atoms with Gasteiger partial charge in [-0.2, -0.15) is 0 Å². The molecule has 6 aromatic carbocycles. The van der Waals surface area contributed by atoms with Crippen LogP contribution in [0.25, 0.3) is 54.9 Å². The molecule has 8 rings (SSSR count). The molecule has 0 saturated carbocycles. The van der Waals surface area contributed by atoms with Crippen molar-refractivity contribution in [2.45, 2.75) is 0 Å².